The smallest absolute Gasteiger partial charge is 0.307 e. The van der Waals surface area contributed by atoms with Gasteiger partial charge in [0.25, 0.3) is 0 Å². The molecule has 5 nitrogen and oxygen atoms in total. The lowest BCUT2D eigenvalue weighted by Crippen LogP contribution is -2.35. The van der Waals surface area contributed by atoms with Crippen LogP contribution in [0.15, 0.2) is 0 Å². The van der Waals surface area contributed by atoms with E-state index < -0.39 is 0 Å². The molecule has 5 heteroatoms. The first-order chi connectivity index (χ1) is 12.5. The van der Waals surface area contributed by atoms with E-state index in [1.165, 1.54) is 57.8 Å². The number of carbonyl (C=O) groups excluding carboxylic acids is 1. The van der Waals surface area contributed by atoms with E-state index in [4.69, 9.17) is 10.5 Å². The van der Waals surface area contributed by atoms with Crippen LogP contribution in [0.2, 0.25) is 0 Å². The average Bonchev–Trinajstić information content (AvgIpc) is 2.62. The third kappa shape index (κ3) is 8.83. The van der Waals surface area contributed by atoms with E-state index in [0.29, 0.717) is 25.1 Å². The summed E-state index contributed by atoms with van der Waals surface area (Å²) in [6.45, 7) is 2.25. The molecule has 2 rings (SSSR count). The maximum Gasteiger partial charge on any atom is 0.307 e. The van der Waals surface area contributed by atoms with Gasteiger partial charge in [0.15, 0.2) is 0 Å². The number of rotatable bonds is 10. The fourth-order valence-corrected chi connectivity index (χ4v) is 4.51. The topological polar surface area (TPSA) is 67.6 Å². The van der Waals surface area contributed by atoms with Crippen molar-refractivity contribution in [1.82, 2.24) is 10.2 Å². The van der Waals surface area contributed by atoms with Gasteiger partial charge in [-0.2, -0.15) is 0 Å². The highest BCUT2D eigenvalue weighted by Crippen LogP contribution is 2.35. The molecule has 0 atom stereocenters. The van der Waals surface area contributed by atoms with Crippen LogP contribution < -0.4 is 11.1 Å². The number of hydrogen-bond acceptors (Lipinski definition) is 5. The number of nitrogens with one attached hydrogen (secondary N) is 1. The van der Waals surface area contributed by atoms with Crippen molar-refractivity contribution >= 4 is 5.97 Å². The van der Waals surface area contributed by atoms with Crippen LogP contribution in [0.25, 0.3) is 0 Å². The van der Waals surface area contributed by atoms with Gasteiger partial charge in [0.05, 0.1) is 13.0 Å². The molecule has 0 aromatic rings. The zero-order valence-electron chi connectivity index (χ0n) is 17.0. The van der Waals surface area contributed by atoms with Crippen LogP contribution in [0.3, 0.4) is 0 Å². The number of ether oxygens (including phenoxy) is 1. The zero-order valence-corrected chi connectivity index (χ0v) is 17.0. The molecule has 2 aliphatic carbocycles. The van der Waals surface area contributed by atoms with Gasteiger partial charge in [-0.1, -0.05) is 0 Å². The highest BCUT2D eigenvalue weighted by atomic mass is 16.5. The van der Waals surface area contributed by atoms with E-state index in [9.17, 15) is 4.79 Å². The van der Waals surface area contributed by atoms with E-state index in [-0.39, 0.29) is 5.97 Å². The van der Waals surface area contributed by atoms with E-state index in [2.05, 4.69) is 10.2 Å². The molecule has 2 fully saturated rings. The third-order valence-electron chi connectivity index (χ3n) is 6.18. The van der Waals surface area contributed by atoms with Crippen LogP contribution in [-0.4, -0.2) is 56.7 Å². The molecule has 0 aromatic heterocycles. The van der Waals surface area contributed by atoms with E-state index in [1.54, 1.807) is 0 Å². The molecule has 0 amide bonds. The summed E-state index contributed by atoms with van der Waals surface area (Å²) >= 11 is 0. The number of esters is 1. The molecule has 0 radical (unpaired) electrons. The monoisotopic (exact) mass is 367 g/mol. The molecular weight excluding hydrogens is 326 g/mol. The minimum absolute atomic E-state index is 0.0690. The summed E-state index contributed by atoms with van der Waals surface area (Å²) in [5, 5.41) is 3.57. The van der Waals surface area contributed by atoms with Gasteiger partial charge in [0.1, 0.15) is 0 Å². The summed E-state index contributed by atoms with van der Waals surface area (Å²) in [6.07, 6.45) is 13.2. The minimum Gasteiger partial charge on any atom is -0.466 e. The van der Waals surface area contributed by atoms with Gasteiger partial charge in [-0.05, 0) is 90.1 Å². The molecular formula is C21H41N3O2. The van der Waals surface area contributed by atoms with E-state index >= 15 is 0 Å². The first kappa shape index (κ1) is 21.6. The van der Waals surface area contributed by atoms with Crippen LogP contribution in [-0.2, 0) is 9.53 Å². The molecule has 0 saturated heterocycles. The van der Waals surface area contributed by atoms with Crippen LogP contribution in [0.4, 0.5) is 0 Å². The normalized spacial score (nSPS) is 29.7. The van der Waals surface area contributed by atoms with Crippen molar-refractivity contribution in [3.8, 4) is 0 Å². The summed E-state index contributed by atoms with van der Waals surface area (Å²) < 4.78 is 5.28. The number of nitrogens with zero attached hydrogens (tertiary/aromatic N) is 1. The Morgan fingerprint density at radius 3 is 2.27 bits per heavy atom. The Morgan fingerprint density at radius 1 is 1.04 bits per heavy atom. The van der Waals surface area contributed by atoms with Crippen molar-refractivity contribution in [1.29, 1.82) is 0 Å². The molecule has 0 aliphatic heterocycles. The Hall–Kier alpha value is -0.650. The Labute approximate surface area is 160 Å². The molecule has 3 N–H and O–H groups in total. The molecule has 0 aromatic carbocycles. The lowest BCUT2D eigenvalue weighted by molar-refractivity contribution is -0.143. The van der Waals surface area contributed by atoms with Crippen molar-refractivity contribution in [2.75, 3.05) is 33.8 Å². The summed E-state index contributed by atoms with van der Waals surface area (Å²) in [5.41, 5.74) is 6.02. The second kappa shape index (κ2) is 11.9. The van der Waals surface area contributed by atoms with Gasteiger partial charge in [-0.25, -0.2) is 0 Å². The summed E-state index contributed by atoms with van der Waals surface area (Å²) in [6, 6.07) is 1.05. The summed E-state index contributed by atoms with van der Waals surface area (Å²) in [7, 11) is 4.07. The molecule has 152 valence electrons. The Balaban J connectivity index is 1.48. The van der Waals surface area contributed by atoms with Crippen molar-refractivity contribution in [3.63, 3.8) is 0 Å². The summed E-state index contributed by atoms with van der Waals surface area (Å²) in [5.74, 6) is 1.76. The van der Waals surface area contributed by atoms with Gasteiger partial charge in [0.2, 0.25) is 0 Å². The van der Waals surface area contributed by atoms with Crippen molar-refractivity contribution in [3.05, 3.63) is 0 Å². The van der Waals surface area contributed by atoms with Gasteiger partial charge < -0.3 is 20.7 Å². The Kier molecular flexibility index (Phi) is 9.94. The SMILES string of the molecule is CN(C)CCCOC(=O)CCNC1CCC(CC2CCC(N)CC2)CC1. The zero-order chi connectivity index (χ0) is 18.8. The molecule has 0 spiro atoms. The highest BCUT2D eigenvalue weighted by Gasteiger charge is 2.25. The first-order valence-corrected chi connectivity index (χ1v) is 10.8. The van der Waals surface area contributed by atoms with Crippen molar-refractivity contribution in [2.45, 2.75) is 82.7 Å². The standard InChI is InChI=1S/C21H41N3O2/c1-24(2)14-3-15-26-21(25)12-13-23-20-10-6-18(7-11-20)16-17-4-8-19(22)9-5-17/h17-20,23H,3-16,22H2,1-2H3. The number of carbonyl (C=O) groups is 1. The first-order valence-electron chi connectivity index (χ1n) is 10.8. The van der Waals surface area contributed by atoms with Crippen LogP contribution in [0.5, 0.6) is 0 Å². The average molecular weight is 368 g/mol. The second-order valence-electron chi connectivity index (χ2n) is 8.82. The van der Waals surface area contributed by atoms with Crippen LogP contribution >= 0.6 is 0 Å². The number of nitrogens with two attached hydrogens (primary N) is 1. The lowest BCUT2D eigenvalue weighted by Gasteiger charge is -2.33. The fourth-order valence-electron chi connectivity index (χ4n) is 4.51. The van der Waals surface area contributed by atoms with Gasteiger partial charge in [-0.3, -0.25) is 4.79 Å². The minimum atomic E-state index is -0.0690. The quantitative estimate of drug-likeness (QED) is 0.459. The Morgan fingerprint density at radius 2 is 1.65 bits per heavy atom. The third-order valence-corrected chi connectivity index (χ3v) is 6.18. The van der Waals surface area contributed by atoms with Gasteiger partial charge in [0, 0.05) is 25.2 Å². The molecule has 26 heavy (non-hydrogen) atoms. The Bertz CT molecular complexity index is 387. The fraction of sp³-hybridized carbons (Fsp3) is 0.952. The number of hydrogen-bond donors (Lipinski definition) is 2. The maximum absolute atomic E-state index is 11.7. The van der Waals surface area contributed by atoms with E-state index in [1.807, 2.05) is 14.1 Å². The van der Waals surface area contributed by atoms with Gasteiger partial charge >= 0.3 is 5.97 Å². The largest absolute Gasteiger partial charge is 0.466 e. The second-order valence-corrected chi connectivity index (χ2v) is 8.82. The van der Waals surface area contributed by atoms with Crippen LogP contribution in [0.1, 0.15) is 70.6 Å². The molecule has 0 unspecified atom stereocenters. The molecule has 0 bridgehead atoms. The predicted octanol–water partition coefficient (Wildman–Crippen LogP) is 2.93. The highest BCUT2D eigenvalue weighted by molar-refractivity contribution is 5.69. The molecule has 2 saturated carbocycles. The maximum atomic E-state index is 11.7. The predicted molar refractivity (Wildman–Crippen MR) is 107 cm³/mol. The van der Waals surface area contributed by atoms with Gasteiger partial charge in [-0.15, -0.1) is 0 Å². The molecule has 0 heterocycles. The lowest BCUT2D eigenvalue weighted by atomic mass is 9.76. The van der Waals surface area contributed by atoms with Crippen LogP contribution in [0, 0.1) is 11.8 Å². The molecule has 2 aliphatic rings. The van der Waals surface area contributed by atoms with Crippen molar-refractivity contribution < 1.29 is 9.53 Å². The summed E-state index contributed by atoms with van der Waals surface area (Å²) in [4.78, 5) is 13.8. The van der Waals surface area contributed by atoms with Crippen molar-refractivity contribution in [2.24, 2.45) is 17.6 Å². The van der Waals surface area contributed by atoms with E-state index in [0.717, 1.165) is 31.3 Å².